The second kappa shape index (κ2) is 8.42. The lowest BCUT2D eigenvalue weighted by atomic mass is 10.2. The van der Waals surface area contributed by atoms with Crippen LogP contribution in [-0.2, 0) is 11.2 Å². The Morgan fingerprint density at radius 3 is 2.68 bits per heavy atom. The first kappa shape index (κ1) is 17.1. The fraction of sp³-hybridized carbons (Fsp3) is 0.350. The van der Waals surface area contributed by atoms with E-state index in [0.29, 0.717) is 31.9 Å². The maximum absolute atomic E-state index is 11.9. The van der Waals surface area contributed by atoms with Gasteiger partial charge in [0.2, 0.25) is 5.91 Å². The van der Waals surface area contributed by atoms with Crippen LogP contribution >= 0.6 is 0 Å². The lowest BCUT2D eigenvalue weighted by molar-refractivity contribution is -0.122. The zero-order valence-electron chi connectivity index (χ0n) is 14.4. The lowest BCUT2D eigenvalue weighted by Gasteiger charge is -2.26. The first-order chi connectivity index (χ1) is 12.2. The Morgan fingerprint density at radius 2 is 1.92 bits per heavy atom. The van der Waals surface area contributed by atoms with E-state index in [1.54, 1.807) is 0 Å². The van der Waals surface area contributed by atoms with Gasteiger partial charge in [-0.15, -0.1) is 0 Å². The van der Waals surface area contributed by atoms with E-state index < -0.39 is 0 Å². The van der Waals surface area contributed by atoms with Crippen LogP contribution in [0.25, 0.3) is 0 Å². The Morgan fingerprint density at radius 1 is 1.16 bits per heavy atom. The molecule has 1 unspecified atom stereocenters. The van der Waals surface area contributed by atoms with Gasteiger partial charge in [-0.3, -0.25) is 4.79 Å². The Hall–Kier alpha value is -2.69. The number of para-hydroxylation sites is 2. The van der Waals surface area contributed by atoms with Gasteiger partial charge in [-0.05, 0) is 36.2 Å². The Bertz CT molecular complexity index is 699. The predicted molar refractivity (Wildman–Crippen MR) is 95.3 cm³/mol. The van der Waals surface area contributed by atoms with E-state index >= 15 is 0 Å². The van der Waals surface area contributed by atoms with Gasteiger partial charge in [-0.1, -0.05) is 31.2 Å². The summed E-state index contributed by atoms with van der Waals surface area (Å²) < 4.78 is 17.0. The second-order valence-electron chi connectivity index (χ2n) is 5.90. The second-order valence-corrected chi connectivity index (χ2v) is 5.90. The highest BCUT2D eigenvalue weighted by Gasteiger charge is 2.20. The standard InChI is InChI=1S/C20H23NO4/c1-2-15-7-9-16(10-8-15)23-12-11-20(22)21-13-17-14-24-18-5-3-4-6-19(18)25-17/h3-10,17H,2,11-14H2,1H3,(H,21,22). The van der Waals surface area contributed by atoms with Gasteiger partial charge < -0.3 is 19.5 Å². The normalized spacial score (nSPS) is 15.5. The summed E-state index contributed by atoms with van der Waals surface area (Å²) in [6.45, 7) is 3.30. The van der Waals surface area contributed by atoms with Crippen molar-refractivity contribution in [3.8, 4) is 17.2 Å². The summed E-state index contributed by atoms with van der Waals surface area (Å²) in [4.78, 5) is 11.9. The van der Waals surface area contributed by atoms with Crippen molar-refractivity contribution >= 4 is 5.91 Å². The predicted octanol–water partition coefficient (Wildman–Crippen LogP) is 2.97. The van der Waals surface area contributed by atoms with Crippen molar-refractivity contribution in [2.45, 2.75) is 25.9 Å². The van der Waals surface area contributed by atoms with Gasteiger partial charge in [0.25, 0.3) is 0 Å². The minimum absolute atomic E-state index is 0.0624. The topological polar surface area (TPSA) is 56.8 Å². The molecule has 1 atom stereocenters. The Kier molecular flexibility index (Phi) is 5.77. The molecule has 132 valence electrons. The summed E-state index contributed by atoms with van der Waals surface area (Å²) in [5.41, 5.74) is 1.27. The van der Waals surface area contributed by atoms with Crippen molar-refractivity contribution in [1.82, 2.24) is 5.32 Å². The zero-order chi connectivity index (χ0) is 17.5. The molecule has 5 heteroatoms. The van der Waals surface area contributed by atoms with Crippen LogP contribution in [0, 0.1) is 0 Å². The van der Waals surface area contributed by atoms with Crippen molar-refractivity contribution in [2.75, 3.05) is 19.8 Å². The number of nitrogens with one attached hydrogen (secondary N) is 1. The molecule has 1 amide bonds. The number of rotatable bonds is 7. The number of benzene rings is 2. The molecule has 0 aliphatic carbocycles. The smallest absolute Gasteiger partial charge is 0.223 e. The molecule has 1 N–H and O–H groups in total. The molecule has 2 aromatic rings. The van der Waals surface area contributed by atoms with Crippen LogP contribution in [-0.4, -0.2) is 31.8 Å². The van der Waals surface area contributed by atoms with Crippen LogP contribution in [0.2, 0.25) is 0 Å². The summed E-state index contributed by atoms with van der Waals surface area (Å²) in [5, 5.41) is 2.86. The molecule has 1 aliphatic heterocycles. The number of hydrogen-bond donors (Lipinski definition) is 1. The molecule has 0 saturated heterocycles. The summed E-state index contributed by atoms with van der Waals surface area (Å²) in [5.74, 6) is 2.18. The van der Waals surface area contributed by atoms with Gasteiger partial charge in [0.15, 0.2) is 11.5 Å². The van der Waals surface area contributed by atoms with Crippen LogP contribution in [0.1, 0.15) is 18.9 Å². The quantitative estimate of drug-likeness (QED) is 0.841. The molecule has 1 aliphatic rings. The molecular weight excluding hydrogens is 318 g/mol. The molecule has 3 rings (SSSR count). The molecule has 1 heterocycles. The highest BCUT2D eigenvalue weighted by molar-refractivity contribution is 5.76. The van der Waals surface area contributed by atoms with Crippen LogP contribution in [0.5, 0.6) is 17.2 Å². The first-order valence-corrected chi connectivity index (χ1v) is 8.61. The van der Waals surface area contributed by atoms with Gasteiger partial charge >= 0.3 is 0 Å². The fourth-order valence-electron chi connectivity index (χ4n) is 2.56. The van der Waals surface area contributed by atoms with E-state index in [4.69, 9.17) is 14.2 Å². The number of fused-ring (bicyclic) bond motifs is 1. The number of hydrogen-bond acceptors (Lipinski definition) is 4. The monoisotopic (exact) mass is 341 g/mol. The first-order valence-electron chi connectivity index (χ1n) is 8.61. The highest BCUT2D eigenvalue weighted by atomic mass is 16.6. The van der Waals surface area contributed by atoms with E-state index in [9.17, 15) is 4.79 Å². The Labute approximate surface area is 147 Å². The van der Waals surface area contributed by atoms with Gasteiger partial charge in [-0.2, -0.15) is 0 Å². The van der Waals surface area contributed by atoms with E-state index in [2.05, 4.69) is 12.2 Å². The van der Waals surface area contributed by atoms with Gasteiger partial charge in [-0.25, -0.2) is 0 Å². The average Bonchev–Trinajstić information content (AvgIpc) is 2.67. The zero-order valence-corrected chi connectivity index (χ0v) is 14.4. The molecule has 5 nitrogen and oxygen atoms in total. The summed E-state index contributed by atoms with van der Waals surface area (Å²) >= 11 is 0. The highest BCUT2D eigenvalue weighted by Crippen LogP contribution is 2.30. The molecular formula is C20H23NO4. The van der Waals surface area contributed by atoms with Gasteiger partial charge in [0.05, 0.1) is 19.6 Å². The SMILES string of the molecule is CCc1ccc(OCCC(=O)NCC2COc3ccccc3O2)cc1. The van der Waals surface area contributed by atoms with E-state index in [-0.39, 0.29) is 12.0 Å². The lowest BCUT2D eigenvalue weighted by Crippen LogP contribution is -2.41. The van der Waals surface area contributed by atoms with Crippen molar-refractivity contribution < 1.29 is 19.0 Å². The van der Waals surface area contributed by atoms with Gasteiger partial charge in [0, 0.05) is 0 Å². The number of aryl methyl sites for hydroxylation is 1. The van der Waals surface area contributed by atoms with Crippen molar-refractivity contribution in [3.05, 3.63) is 54.1 Å². The largest absolute Gasteiger partial charge is 0.493 e. The summed E-state index contributed by atoms with van der Waals surface area (Å²) in [6, 6.07) is 15.5. The summed E-state index contributed by atoms with van der Waals surface area (Å²) in [7, 11) is 0. The van der Waals surface area contributed by atoms with Crippen molar-refractivity contribution in [1.29, 1.82) is 0 Å². The number of carbonyl (C=O) groups excluding carboxylic acids is 1. The minimum atomic E-state index is -0.179. The molecule has 0 aromatic heterocycles. The van der Waals surface area contributed by atoms with E-state index in [0.717, 1.165) is 17.9 Å². The van der Waals surface area contributed by atoms with E-state index in [1.807, 2.05) is 48.5 Å². The molecule has 0 saturated carbocycles. The Balaban J connectivity index is 1.35. The number of amides is 1. The molecule has 0 fully saturated rings. The van der Waals surface area contributed by atoms with Crippen molar-refractivity contribution in [3.63, 3.8) is 0 Å². The third-order valence-electron chi connectivity index (χ3n) is 4.02. The third kappa shape index (κ3) is 4.89. The van der Waals surface area contributed by atoms with Crippen LogP contribution < -0.4 is 19.5 Å². The van der Waals surface area contributed by atoms with E-state index in [1.165, 1.54) is 5.56 Å². The minimum Gasteiger partial charge on any atom is -0.493 e. The molecule has 25 heavy (non-hydrogen) atoms. The maximum atomic E-state index is 11.9. The molecule has 2 aromatic carbocycles. The van der Waals surface area contributed by atoms with Gasteiger partial charge in [0.1, 0.15) is 18.5 Å². The van der Waals surface area contributed by atoms with Crippen molar-refractivity contribution in [2.24, 2.45) is 0 Å². The maximum Gasteiger partial charge on any atom is 0.223 e. The summed E-state index contributed by atoms with van der Waals surface area (Å²) in [6.07, 6.45) is 1.13. The molecule has 0 spiro atoms. The van der Waals surface area contributed by atoms with Crippen LogP contribution in [0.3, 0.4) is 0 Å². The molecule has 0 radical (unpaired) electrons. The van der Waals surface area contributed by atoms with Crippen LogP contribution in [0.4, 0.5) is 0 Å². The molecule has 0 bridgehead atoms. The number of ether oxygens (including phenoxy) is 3. The average molecular weight is 341 g/mol. The van der Waals surface area contributed by atoms with Crippen LogP contribution in [0.15, 0.2) is 48.5 Å². The third-order valence-corrected chi connectivity index (χ3v) is 4.02. The fourth-order valence-corrected chi connectivity index (χ4v) is 2.56. The number of carbonyl (C=O) groups is 1.